The fraction of sp³-hybridized carbons (Fsp3) is 0.118. The lowest BCUT2D eigenvalue weighted by atomic mass is 9.99. The van der Waals surface area contributed by atoms with Gasteiger partial charge in [0.2, 0.25) is 10.0 Å². The number of hydrogen-bond acceptors (Lipinski definition) is 5. The molecule has 6 nitrogen and oxygen atoms in total. The van der Waals surface area contributed by atoms with Crippen molar-refractivity contribution in [3.63, 3.8) is 0 Å². The van der Waals surface area contributed by atoms with Gasteiger partial charge in [0, 0.05) is 5.56 Å². The van der Waals surface area contributed by atoms with E-state index in [0.29, 0.717) is 16.3 Å². The third-order valence-corrected chi connectivity index (χ3v) is 5.11. The van der Waals surface area contributed by atoms with E-state index in [0.717, 1.165) is 12.1 Å². The van der Waals surface area contributed by atoms with E-state index < -0.39 is 26.6 Å². The smallest absolute Gasteiger partial charge is 0.243 e. The van der Waals surface area contributed by atoms with Gasteiger partial charge in [-0.3, -0.25) is 0 Å². The first kappa shape index (κ1) is 19.3. The molecule has 0 saturated carbocycles. The van der Waals surface area contributed by atoms with Crippen LogP contribution < -0.4 is 9.88 Å². The average molecular weight is 415 g/mol. The summed E-state index contributed by atoms with van der Waals surface area (Å²) >= 11 is 6.12. The maximum atomic E-state index is 14.2. The van der Waals surface area contributed by atoms with Crippen LogP contribution in [0.1, 0.15) is 5.76 Å². The van der Waals surface area contributed by atoms with Gasteiger partial charge in [-0.2, -0.15) is 0 Å². The molecule has 0 amide bonds. The van der Waals surface area contributed by atoms with Gasteiger partial charge in [-0.1, -0.05) is 16.8 Å². The lowest BCUT2D eigenvalue weighted by Gasteiger charge is -2.09. The topological polar surface area (TPSA) is 95.4 Å². The molecule has 0 aliphatic rings. The van der Waals surface area contributed by atoms with Crippen LogP contribution in [-0.2, 0) is 10.0 Å². The monoisotopic (exact) mass is 414 g/mol. The highest BCUT2D eigenvalue weighted by atomic mass is 35.5. The van der Waals surface area contributed by atoms with Crippen molar-refractivity contribution in [1.29, 1.82) is 0 Å². The second-order valence-electron chi connectivity index (χ2n) is 5.63. The Hall–Kier alpha value is -2.49. The molecule has 0 bridgehead atoms. The summed E-state index contributed by atoms with van der Waals surface area (Å²) in [6.07, 6.45) is 0. The molecule has 142 valence electrons. The number of primary sulfonamides is 1. The number of nitrogens with zero attached hydrogens (tertiary/aromatic N) is 1. The largest absolute Gasteiger partial charge is 0.495 e. The Bertz CT molecular complexity index is 1120. The Morgan fingerprint density at radius 2 is 1.78 bits per heavy atom. The first-order chi connectivity index (χ1) is 12.6. The van der Waals surface area contributed by atoms with Crippen molar-refractivity contribution < 1.29 is 26.5 Å². The number of sulfonamides is 1. The number of benzene rings is 2. The molecule has 27 heavy (non-hydrogen) atoms. The van der Waals surface area contributed by atoms with Crippen LogP contribution in [0.4, 0.5) is 8.78 Å². The molecule has 0 radical (unpaired) electrons. The molecule has 1 aromatic heterocycles. The second-order valence-corrected chi connectivity index (χ2v) is 7.53. The molecule has 0 spiro atoms. The van der Waals surface area contributed by atoms with Crippen molar-refractivity contribution in [2.75, 3.05) is 7.11 Å². The second kappa shape index (κ2) is 6.91. The predicted octanol–water partition coefficient (Wildman–Crippen LogP) is 3.90. The minimum atomic E-state index is -4.56. The SMILES string of the molecule is COc1ccc(-c2noc(C)c2-c2cc(F)c(S(N)(=O)=O)c(F)c2)cc1Cl. The quantitative estimate of drug-likeness (QED) is 0.698. The summed E-state index contributed by atoms with van der Waals surface area (Å²) in [6, 6.07) is 6.54. The molecule has 0 saturated heterocycles. The highest BCUT2D eigenvalue weighted by molar-refractivity contribution is 7.89. The van der Waals surface area contributed by atoms with E-state index in [2.05, 4.69) is 5.16 Å². The van der Waals surface area contributed by atoms with Gasteiger partial charge in [0.05, 0.1) is 17.7 Å². The first-order valence-electron chi connectivity index (χ1n) is 7.46. The summed E-state index contributed by atoms with van der Waals surface area (Å²) in [6.45, 7) is 1.56. The predicted molar refractivity (Wildman–Crippen MR) is 95.0 cm³/mol. The number of halogens is 3. The zero-order valence-electron chi connectivity index (χ0n) is 14.1. The van der Waals surface area contributed by atoms with Crippen molar-refractivity contribution in [3.05, 3.63) is 52.7 Å². The molecule has 2 N–H and O–H groups in total. The van der Waals surface area contributed by atoms with Crippen LogP contribution in [0.3, 0.4) is 0 Å². The van der Waals surface area contributed by atoms with E-state index >= 15 is 0 Å². The lowest BCUT2D eigenvalue weighted by molar-refractivity contribution is 0.400. The number of rotatable bonds is 4. The molecule has 0 fully saturated rings. The summed E-state index contributed by atoms with van der Waals surface area (Å²) in [5.41, 5.74) is 1.12. The van der Waals surface area contributed by atoms with Gasteiger partial charge >= 0.3 is 0 Å². The van der Waals surface area contributed by atoms with Crippen LogP contribution in [-0.4, -0.2) is 20.7 Å². The van der Waals surface area contributed by atoms with E-state index in [9.17, 15) is 17.2 Å². The van der Waals surface area contributed by atoms with E-state index in [-0.39, 0.29) is 22.6 Å². The number of nitrogens with two attached hydrogens (primary N) is 1. The summed E-state index contributed by atoms with van der Waals surface area (Å²) in [7, 11) is -3.09. The first-order valence-corrected chi connectivity index (χ1v) is 9.38. The number of aryl methyl sites for hydroxylation is 1. The molecule has 1 heterocycles. The van der Waals surface area contributed by atoms with Gasteiger partial charge in [0.25, 0.3) is 0 Å². The van der Waals surface area contributed by atoms with Gasteiger partial charge in [-0.05, 0) is 42.8 Å². The van der Waals surface area contributed by atoms with Gasteiger partial charge in [0.1, 0.15) is 28.8 Å². The highest BCUT2D eigenvalue weighted by Gasteiger charge is 2.25. The zero-order chi connectivity index (χ0) is 19.9. The molecular weight excluding hydrogens is 402 g/mol. The van der Waals surface area contributed by atoms with Gasteiger partial charge in [0.15, 0.2) is 4.90 Å². The fourth-order valence-corrected chi connectivity index (χ4v) is 3.62. The molecule has 0 unspecified atom stereocenters. The molecule has 0 aliphatic carbocycles. The minimum absolute atomic E-state index is 0.0399. The van der Waals surface area contributed by atoms with Gasteiger partial charge in [-0.15, -0.1) is 0 Å². The van der Waals surface area contributed by atoms with Crippen LogP contribution in [0.2, 0.25) is 5.02 Å². The standard InChI is InChI=1S/C17H13ClF2N2O4S/c1-8-15(10-6-12(19)17(13(20)7-10)27(21,23)24)16(22-26-8)9-3-4-14(25-2)11(18)5-9/h3-7H,1-2H3,(H2,21,23,24). The highest BCUT2D eigenvalue weighted by Crippen LogP contribution is 2.38. The third-order valence-electron chi connectivity index (χ3n) is 3.86. The summed E-state index contributed by atoms with van der Waals surface area (Å²) < 4.78 is 61.5. The van der Waals surface area contributed by atoms with Crippen LogP contribution in [0, 0.1) is 18.6 Å². The Labute approximate surface area is 158 Å². The van der Waals surface area contributed by atoms with E-state index in [1.165, 1.54) is 7.11 Å². The average Bonchev–Trinajstić information content (AvgIpc) is 2.94. The maximum absolute atomic E-state index is 14.2. The minimum Gasteiger partial charge on any atom is -0.495 e. The van der Waals surface area contributed by atoms with Crippen LogP contribution >= 0.6 is 11.6 Å². The number of methoxy groups -OCH3 is 1. The Kier molecular flexibility index (Phi) is 4.94. The van der Waals surface area contributed by atoms with Gasteiger partial charge in [-0.25, -0.2) is 22.3 Å². The fourth-order valence-electron chi connectivity index (χ4n) is 2.70. The molecule has 2 aromatic carbocycles. The van der Waals surface area contributed by atoms with Gasteiger partial charge < -0.3 is 9.26 Å². The zero-order valence-corrected chi connectivity index (χ0v) is 15.7. The lowest BCUT2D eigenvalue weighted by Crippen LogP contribution is -2.16. The van der Waals surface area contributed by atoms with Crippen LogP contribution in [0.5, 0.6) is 5.75 Å². The number of aromatic nitrogens is 1. The summed E-state index contributed by atoms with van der Waals surface area (Å²) in [5.74, 6) is -1.91. The summed E-state index contributed by atoms with van der Waals surface area (Å²) in [4.78, 5) is -1.20. The molecule has 0 aliphatic heterocycles. The Morgan fingerprint density at radius 3 is 2.30 bits per heavy atom. The molecular formula is C17H13ClF2N2O4S. The molecule has 10 heteroatoms. The van der Waals surface area contributed by atoms with E-state index in [4.69, 9.17) is 26.0 Å². The maximum Gasteiger partial charge on any atom is 0.243 e. The van der Waals surface area contributed by atoms with Crippen LogP contribution in [0.15, 0.2) is 39.8 Å². The Balaban J connectivity index is 2.20. The molecule has 3 aromatic rings. The van der Waals surface area contributed by atoms with E-state index in [1.807, 2.05) is 0 Å². The molecule has 3 rings (SSSR count). The van der Waals surface area contributed by atoms with Crippen molar-refractivity contribution in [2.45, 2.75) is 11.8 Å². The Morgan fingerprint density at radius 1 is 1.15 bits per heavy atom. The van der Waals surface area contributed by atoms with Crippen molar-refractivity contribution in [2.24, 2.45) is 5.14 Å². The van der Waals surface area contributed by atoms with Crippen molar-refractivity contribution in [1.82, 2.24) is 5.16 Å². The van der Waals surface area contributed by atoms with Crippen molar-refractivity contribution in [3.8, 4) is 28.1 Å². The number of hydrogen-bond donors (Lipinski definition) is 1. The number of ether oxygens (including phenoxy) is 1. The molecule has 0 atom stereocenters. The normalized spacial score (nSPS) is 11.6. The van der Waals surface area contributed by atoms with Crippen LogP contribution in [0.25, 0.3) is 22.4 Å². The van der Waals surface area contributed by atoms with E-state index in [1.54, 1.807) is 25.1 Å². The summed E-state index contributed by atoms with van der Waals surface area (Å²) in [5, 5.41) is 9.09. The third kappa shape index (κ3) is 3.53. The van der Waals surface area contributed by atoms with Crippen molar-refractivity contribution >= 4 is 21.6 Å².